The fraction of sp³-hybridized carbons (Fsp3) is 0.933. The average Bonchev–Trinajstić information content (AvgIpc) is 2.26. The quantitative estimate of drug-likeness (QED) is 0.723. The van der Waals surface area contributed by atoms with Crippen LogP contribution in [0.15, 0.2) is 0 Å². The van der Waals surface area contributed by atoms with Crippen LogP contribution in [0.5, 0.6) is 0 Å². The van der Waals surface area contributed by atoms with Gasteiger partial charge in [-0.2, -0.15) is 0 Å². The predicted molar refractivity (Wildman–Crippen MR) is 82.0 cm³/mol. The van der Waals surface area contributed by atoms with E-state index in [0.717, 1.165) is 19.6 Å². The van der Waals surface area contributed by atoms with E-state index in [1.165, 1.54) is 19.3 Å². The number of piperidine rings is 1. The van der Waals surface area contributed by atoms with E-state index in [1.807, 2.05) is 34.6 Å². The molecule has 0 aromatic heterocycles. The van der Waals surface area contributed by atoms with Crippen molar-refractivity contribution in [3.8, 4) is 0 Å². The van der Waals surface area contributed by atoms with E-state index < -0.39 is 5.60 Å². The Morgan fingerprint density at radius 2 is 1.95 bits per heavy atom. The molecule has 1 amide bonds. The van der Waals surface area contributed by atoms with E-state index in [4.69, 9.17) is 4.74 Å². The SMILES string of the molecule is CC(C)(CNCC1CCCCN1)NC(=O)OC(C)(C)C. The number of carbonyl (C=O) groups excluding carboxylic acids is 1. The lowest BCUT2D eigenvalue weighted by atomic mass is 10.0. The molecule has 1 heterocycles. The summed E-state index contributed by atoms with van der Waals surface area (Å²) in [6, 6.07) is 0.557. The Balaban J connectivity index is 2.24. The van der Waals surface area contributed by atoms with Gasteiger partial charge in [0, 0.05) is 19.1 Å². The zero-order valence-electron chi connectivity index (χ0n) is 13.6. The molecule has 20 heavy (non-hydrogen) atoms. The Labute approximate surface area is 123 Å². The van der Waals surface area contributed by atoms with Crippen LogP contribution >= 0.6 is 0 Å². The predicted octanol–water partition coefficient (Wildman–Crippen LogP) is 2.02. The molecule has 3 N–H and O–H groups in total. The third kappa shape index (κ3) is 7.70. The highest BCUT2D eigenvalue weighted by Crippen LogP contribution is 2.09. The molecule has 0 spiro atoms. The largest absolute Gasteiger partial charge is 0.444 e. The van der Waals surface area contributed by atoms with Gasteiger partial charge in [0.05, 0.1) is 5.54 Å². The molecule has 0 saturated carbocycles. The molecule has 1 saturated heterocycles. The van der Waals surface area contributed by atoms with Crippen LogP contribution in [-0.4, -0.2) is 42.9 Å². The first-order chi connectivity index (χ1) is 9.18. The molecule has 5 nitrogen and oxygen atoms in total. The van der Waals surface area contributed by atoms with Crippen LogP contribution in [0.2, 0.25) is 0 Å². The lowest BCUT2D eigenvalue weighted by Gasteiger charge is -2.30. The molecule has 0 aromatic carbocycles. The average molecular weight is 285 g/mol. The van der Waals surface area contributed by atoms with E-state index in [0.29, 0.717) is 6.04 Å². The molecular formula is C15H31N3O2. The topological polar surface area (TPSA) is 62.4 Å². The van der Waals surface area contributed by atoms with Gasteiger partial charge in [0.1, 0.15) is 5.60 Å². The number of alkyl carbamates (subject to hydrolysis) is 1. The Kier molecular flexibility index (Phi) is 6.27. The van der Waals surface area contributed by atoms with E-state index in [1.54, 1.807) is 0 Å². The van der Waals surface area contributed by atoms with Gasteiger partial charge >= 0.3 is 6.09 Å². The maximum Gasteiger partial charge on any atom is 0.408 e. The summed E-state index contributed by atoms with van der Waals surface area (Å²) in [5.41, 5.74) is -0.781. The maximum atomic E-state index is 11.8. The molecule has 5 heteroatoms. The minimum Gasteiger partial charge on any atom is -0.444 e. The number of hydrogen-bond donors (Lipinski definition) is 3. The van der Waals surface area contributed by atoms with Crippen molar-refractivity contribution in [2.24, 2.45) is 0 Å². The Morgan fingerprint density at radius 1 is 1.25 bits per heavy atom. The van der Waals surface area contributed by atoms with Crippen molar-refractivity contribution < 1.29 is 9.53 Å². The Hall–Kier alpha value is -0.810. The second kappa shape index (κ2) is 7.27. The van der Waals surface area contributed by atoms with Crippen LogP contribution in [0.25, 0.3) is 0 Å². The van der Waals surface area contributed by atoms with Gasteiger partial charge in [-0.05, 0) is 54.0 Å². The fourth-order valence-corrected chi connectivity index (χ4v) is 2.28. The summed E-state index contributed by atoms with van der Waals surface area (Å²) < 4.78 is 5.28. The minimum atomic E-state index is -0.459. The third-order valence-corrected chi connectivity index (χ3v) is 3.21. The van der Waals surface area contributed by atoms with Crippen molar-refractivity contribution in [1.29, 1.82) is 0 Å². The van der Waals surface area contributed by atoms with Gasteiger partial charge < -0.3 is 20.7 Å². The number of nitrogens with one attached hydrogen (secondary N) is 3. The van der Waals surface area contributed by atoms with Crippen molar-refractivity contribution in [1.82, 2.24) is 16.0 Å². The number of carbonyl (C=O) groups is 1. The van der Waals surface area contributed by atoms with Crippen molar-refractivity contribution in [2.45, 2.75) is 71.1 Å². The molecule has 0 aliphatic carbocycles. The summed E-state index contributed by atoms with van der Waals surface area (Å²) in [7, 11) is 0. The molecular weight excluding hydrogens is 254 g/mol. The molecule has 0 radical (unpaired) electrons. The van der Waals surface area contributed by atoms with Gasteiger partial charge in [-0.15, -0.1) is 0 Å². The lowest BCUT2D eigenvalue weighted by Crippen LogP contribution is -2.53. The van der Waals surface area contributed by atoms with Crippen LogP contribution in [0, 0.1) is 0 Å². The number of rotatable bonds is 5. The highest BCUT2D eigenvalue weighted by atomic mass is 16.6. The van der Waals surface area contributed by atoms with E-state index in [2.05, 4.69) is 16.0 Å². The van der Waals surface area contributed by atoms with E-state index >= 15 is 0 Å². The second-order valence-electron chi connectivity index (χ2n) is 7.29. The first-order valence-electron chi connectivity index (χ1n) is 7.63. The van der Waals surface area contributed by atoms with Crippen molar-refractivity contribution in [2.75, 3.05) is 19.6 Å². The molecule has 1 rings (SSSR count). The van der Waals surface area contributed by atoms with Crippen LogP contribution in [0.3, 0.4) is 0 Å². The monoisotopic (exact) mass is 285 g/mol. The van der Waals surface area contributed by atoms with Gasteiger partial charge in [-0.25, -0.2) is 4.79 Å². The Morgan fingerprint density at radius 3 is 2.50 bits per heavy atom. The van der Waals surface area contributed by atoms with Crippen LogP contribution in [0.4, 0.5) is 4.79 Å². The summed E-state index contributed by atoms with van der Waals surface area (Å²) in [6.45, 7) is 12.4. The molecule has 1 fully saturated rings. The molecule has 0 aromatic rings. The molecule has 118 valence electrons. The molecule has 1 atom stereocenters. The molecule has 1 unspecified atom stereocenters. The number of ether oxygens (including phenoxy) is 1. The van der Waals surface area contributed by atoms with Gasteiger partial charge in [0.15, 0.2) is 0 Å². The van der Waals surface area contributed by atoms with Crippen LogP contribution < -0.4 is 16.0 Å². The third-order valence-electron chi connectivity index (χ3n) is 3.21. The van der Waals surface area contributed by atoms with Crippen molar-refractivity contribution in [3.63, 3.8) is 0 Å². The molecule has 1 aliphatic heterocycles. The van der Waals surface area contributed by atoms with Crippen LogP contribution in [0.1, 0.15) is 53.9 Å². The summed E-state index contributed by atoms with van der Waals surface area (Å²) >= 11 is 0. The molecule has 1 aliphatic rings. The summed E-state index contributed by atoms with van der Waals surface area (Å²) in [5, 5.41) is 9.84. The normalized spacial score (nSPS) is 20.6. The lowest BCUT2D eigenvalue weighted by molar-refractivity contribution is 0.0472. The fourth-order valence-electron chi connectivity index (χ4n) is 2.28. The van der Waals surface area contributed by atoms with E-state index in [-0.39, 0.29) is 11.6 Å². The van der Waals surface area contributed by atoms with Crippen molar-refractivity contribution in [3.05, 3.63) is 0 Å². The Bertz CT molecular complexity index is 305. The van der Waals surface area contributed by atoms with Gasteiger partial charge in [-0.3, -0.25) is 0 Å². The highest BCUT2D eigenvalue weighted by molar-refractivity contribution is 5.68. The summed E-state index contributed by atoms with van der Waals surface area (Å²) in [5.74, 6) is 0. The minimum absolute atomic E-state index is 0.322. The number of hydrogen-bond acceptors (Lipinski definition) is 4. The molecule has 0 bridgehead atoms. The summed E-state index contributed by atoms with van der Waals surface area (Å²) in [6.07, 6.45) is 3.45. The summed E-state index contributed by atoms with van der Waals surface area (Å²) in [4.78, 5) is 11.8. The smallest absolute Gasteiger partial charge is 0.408 e. The maximum absolute atomic E-state index is 11.8. The van der Waals surface area contributed by atoms with E-state index in [9.17, 15) is 4.79 Å². The van der Waals surface area contributed by atoms with Gasteiger partial charge in [0.25, 0.3) is 0 Å². The highest BCUT2D eigenvalue weighted by Gasteiger charge is 2.24. The zero-order valence-corrected chi connectivity index (χ0v) is 13.6. The zero-order chi connectivity index (χ0) is 15.2. The van der Waals surface area contributed by atoms with Crippen LogP contribution in [-0.2, 0) is 4.74 Å². The van der Waals surface area contributed by atoms with Gasteiger partial charge in [0.2, 0.25) is 0 Å². The van der Waals surface area contributed by atoms with Crippen molar-refractivity contribution >= 4 is 6.09 Å². The van der Waals surface area contributed by atoms with Gasteiger partial charge in [-0.1, -0.05) is 6.42 Å². The first-order valence-corrected chi connectivity index (χ1v) is 7.63. The number of amides is 1. The standard InChI is InChI=1S/C15H31N3O2/c1-14(2,3)20-13(19)18-15(4,5)11-16-10-12-8-6-7-9-17-12/h12,16-17H,6-11H2,1-5H3,(H,18,19). The first kappa shape index (κ1) is 17.2. The second-order valence-corrected chi connectivity index (χ2v) is 7.29.